The molecule has 0 radical (unpaired) electrons. The van der Waals surface area contributed by atoms with E-state index in [0.717, 1.165) is 16.7 Å². The van der Waals surface area contributed by atoms with Crippen LogP contribution in [0.15, 0.2) is 30.5 Å². The molecule has 0 amide bonds. The Kier molecular flexibility index (Phi) is 2.56. The lowest BCUT2D eigenvalue weighted by atomic mass is 10.2. The first-order chi connectivity index (χ1) is 9.81. The van der Waals surface area contributed by atoms with E-state index in [4.69, 9.17) is 10.5 Å². The van der Waals surface area contributed by atoms with Crippen molar-refractivity contribution >= 4 is 28.1 Å². The van der Waals surface area contributed by atoms with Crippen LogP contribution in [0.25, 0.3) is 10.9 Å². The van der Waals surface area contributed by atoms with Gasteiger partial charge in [0.2, 0.25) is 0 Å². The molecule has 0 aliphatic heterocycles. The van der Waals surface area contributed by atoms with Crippen LogP contribution in [0, 0.1) is 0 Å². The van der Waals surface area contributed by atoms with E-state index in [1.165, 1.54) is 24.4 Å². The monoisotopic (exact) mass is 284 g/mol. The molecule has 6 heteroatoms. The van der Waals surface area contributed by atoms with E-state index in [-0.39, 0.29) is 0 Å². The maximum Gasteiger partial charge on any atom is 0.298 e. The molecule has 0 saturated heterocycles. The van der Waals surface area contributed by atoms with Crippen LogP contribution in [0.5, 0.6) is 10.9 Å². The second-order valence-electron chi connectivity index (χ2n) is 4.85. The third-order valence-electron chi connectivity index (χ3n) is 3.33. The number of benzene rings is 1. The number of nitrogen functional groups attached to an aromatic ring is 1. The van der Waals surface area contributed by atoms with E-state index in [2.05, 4.69) is 14.3 Å². The SMILES string of the molecule is Nc1ccc(Oc2nc(C3CC3)ns2)c2ncccc12. The second kappa shape index (κ2) is 4.42. The Hall–Kier alpha value is -2.21. The predicted molar refractivity (Wildman–Crippen MR) is 78.1 cm³/mol. The molecule has 0 atom stereocenters. The number of ether oxygens (including phenoxy) is 1. The molecule has 2 aromatic heterocycles. The summed E-state index contributed by atoms with van der Waals surface area (Å²) in [4.78, 5) is 8.77. The van der Waals surface area contributed by atoms with Crippen LogP contribution in [-0.4, -0.2) is 14.3 Å². The van der Waals surface area contributed by atoms with Gasteiger partial charge in [0.15, 0.2) is 5.75 Å². The van der Waals surface area contributed by atoms with Crippen LogP contribution in [0.4, 0.5) is 5.69 Å². The fraction of sp³-hybridized carbons (Fsp3) is 0.214. The molecule has 1 aliphatic rings. The van der Waals surface area contributed by atoms with Crippen molar-refractivity contribution in [3.8, 4) is 10.9 Å². The minimum Gasteiger partial charge on any atom is -0.428 e. The number of rotatable bonds is 3. The van der Waals surface area contributed by atoms with Gasteiger partial charge >= 0.3 is 0 Å². The molecule has 0 bridgehead atoms. The lowest BCUT2D eigenvalue weighted by Crippen LogP contribution is -1.92. The molecule has 100 valence electrons. The van der Waals surface area contributed by atoms with E-state index in [9.17, 15) is 0 Å². The lowest BCUT2D eigenvalue weighted by molar-refractivity contribution is 0.481. The van der Waals surface area contributed by atoms with Gasteiger partial charge < -0.3 is 10.5 Å². The fourth-order valence-corrected chi connectivity index (χ4v) is 2.74. The molecule has 0 spiro atoms. The number of pyridine rings is 1. The standard InChI is InChI=1S/C14H12N4OS/c15-10-5-6-11(12-9(10)2-1-7-16-12)19-14-17-13(18-20-14)8-3-4-8/h1-2,5-8H,3-4,15H2. The molecular weight excluding hydrogens is 272 g/mol. The van der Waals surface area contributed by atoms with E-state index < -0.39 is 0 Å². The number of hydrogen-bond donors (Lipinski definition) is 1. The molecular formula is C14H12N4OS. The summed E-state index contributed by atoms with van der Waals surface area (Å²) in [6.07, 6.45) is 4.09. The Morgan fingerprint density at radius 3 is 3.00 bits per heavy atom. The molecule has 1 aromatic carbocycles. The van der Waals surface area contributed by atoms with Crippen LogP contribution in [0.3, 0.4) is 0 Å². The summed E-state index contributed by atoms with van der Waals surface area (Å²) in [7, 11) is 0. The summed E-state index contributed by atoms with van der Waals surface area (Å²) in [5, 5.41) is 1.44. The van der Waals surface area contributed by atoms with Gasteiger partial charge in [0.05, 0.1) is 0 Å². The summed E-state index contributed by atoms with van der Waals surface area (Å²) >= 11 is 1.28. The van der Waals surface area contributed by atoms with Gasteiger partial charge in [-0.1, -0.05) is 0 Å². The largest absolute Gasteiger partial charge is 0.428 e. The first-order valence-electron chi connectivity index (χ1n) is 6.46. The average molecular weight is 284 g/mol. The van der Waals surface area contributed by atoms with Gasteiger partial charge in [-0.3, -0.25) is 4.98 Å². The zero-order valence-corrected chi connectivity index (χ0v) is 11.4. The highest BCUT2D eigenvalue weighted by Crippen LogP contribution is 2.40. The molecule has 20 heavy (non-hydrogen) atoms. The molecule has 2 N–H and O–H groups in total. The number of aromatic nitrogens is 3. The highest BCUT2D eigenvalue weighted by molar-refractivity contribution is 7.07. The molecule has 2 heterocycles. The van der Waals surface area contributed by atoms with Gasteiger partial charge in [-0.2, -0.15) is 9.36 Å². The third kappa shape index (κ3) is 1.98. The number of fused-ring (bicyclic) bond motifs is 1. The van der Waals surface area contributed by atoms with Gasteiger partial charge in [-0.05, 0) is 37.1 Å². The zero-order chi connectivity index (χ0) is 13.5. The summed E-state index contributed by atoms with van der Waals surface area (Å²) in [5.41, 5.74) is 7.39. The number of hydrogen-bond acceptors (Lipinski definition) is 6. The van der Waals surface area contributed by atoms with Crippen molar-refractivity contribution in [2.75, 3.05) is 5.73 Å². The van der Waals surface area contributed by atoms with Crippen molar-refractivity contribution < 1.29 is 4.74 Å². The van der Waals surface area contributed by atoms with Crippen LogP contribution in [0.2, 0.25) is 0 Å². The van der Waals surface area contributed by atoms with Crippen molar-refractivity contribution in [2.24, 2.45) is 0 Å². The molecule has 1 saturated carbocycles. The number of nitrogens with two attached hydrogens (primary N) is 1. The third-order valence-corrected chi connectivity index (χ3v) is 3.94. The Labute approximate surface area is 119 Å². The van der Waals surface area contributed by atoms with Gasteiger partial charge in [0.1, 0.15) is 11.3 Å². The first kappa shape index (κ1) is 11.6. The second-order valence-corrected chi connectivity index (χ2v) is 5.56. The zero-order valence-electron chi connectivity index (χ0n) is 10.6. The van der Waals surface area contributed by atoms with Gasteiger partial charge in [0, 0.05) is 34.7 Å². The predicted octanol–water partition coefficient (Wildman–Crippen LogP) is 3.34. The van der Waals surface area contributed by atoms with Crippen LogP contribution in [-0.2, 0) is 0 Å². The molecule has 1 fully saturated rings. The van der Waals surface area contributed by atoms with E-state index >= 15 is 0 Å². The molecule has 3 aromatic rings. The van der Waals surface area contributed by atoms with Gasteiger partial charge in [-0.25, -0.2) is 0 Å². The van der Waals surface area contributed by atoms with Crippen molar-refractivity contribution in [2.45, 2.75) is 18.8 Å². The Balaban J connectivity index is 1.72. The van der Waals surface area contributed by atoms with Crippen LogP contribution >= 0.6 is 11.5 Å². The maximum absolute atomic E-state index is 5.95. The van der Waals surface area contributed by atoms with Crippen LogP contribution in [0.1, 0.15) is 24.6 Å². The highest BCUT2D eigenvalue weighted by Gasteiger charge is 2.28. The minimum absolute atomic E-state index is 0.532. The Bertz CT molecular complexity index is 782. The molecule has 5 nitrogen and oxygen atoms in total. The average Bonchev–Trinajstić information content (AvgIpc) is 3.23. The van der Waals surface area contributed by atoms with E-state index in [1.54, 1.807) is 6.20 Å². The van der Waals surface area contributed by atoms with E-state index in [1.807, 2.05) is 24.3 Å². The van der Waals surface area contributed by atoms with Crippen molar-refractivity contribution in [1.82, 2.24) is 14.3 Å². The Morgan fingerprint density at radius 2 is 2.15 bits per heavy atom. The van der Waals surface area contributed by atoms with E-state index in [0.29, 0.717) is 22.5 Å². The minimum atomic E-state index is 0.532. The fourth-order valence-electron chi connectivity index (χ4n) is 2.11. The summed E-state index contributed by atoms with van der Waals surface area (Å²) in [6, 6.07) is 7.43. The number of nitrogens with zero attached hydrogens (tertiary/aromatic N) is 3. The topological polar surface area (TPSA) is 73.9 Å². The van der Waals surface area contributed by atoms with Crippen LogP contribution < -0.4 is 10.5 Å². The normalized spacial score (nSPS) is 14.6. The Morgan fingerprint density at radius 1 is 1.25 bits per heavy atom. The maximum atomic E-state index is 5.95. The smallest absolute Gasteiger partial charge is 0.298 e. The van der Waals surface area contributed by atoms with Crippen molar-refractivity contribution in [3.63, 3.8) is 0 Å². The first-order valence-corrected chi connectivity index (χ1v) is 7.23. The lowest BCUT2D eigenvalue weighted by Gasteiger charge is -2.06. The molecule has 4 rings (SSSR count). The number of anilines is 1. The molecule has 1 aliphatic carbocycles. The molecule has 0 unspecified atom stereocenters. The van der Waals surface area contributed by atoms with Crippen molar-refractivity contribution in [1.29, 1.82) is 0 Å². The summed E-state index contributed by atoms with van der Waals surface area (Å²) in [6.45, 7) is 0. The summed E-state index contributed by atoms with van der Waals surface area (Å²) in [5.74, 6) is 2.09. The highest BCUT2D eigenvalue weighted by atomic mass is 32.1. The van der Waals surface area contributed by atoms with Crippen molar-refractivity contribution in [3.05, 3.63) is 36.3 Å². The van der Waals surface area contributed by atoms with Gasteiger partial charge in [-0.15, -0.1) is 0 Å². The quantitative estimate of drug-likeness (QED) is 0.747. The van der Waals surface area contributed by atoms with Gasteiger partial charge in [0.25, 0.3) is 5.19 Å². The summed E-state index contributed by atoms with van der Waals surface area (Å²) < 4.78 is 10.2.